The minimum atomic E-state index is 0.413. The number of hydrogen-bond donors (Lipinski definition) is 3. The molecule has 0 aromatic heterocycles. The first-order valence-corrected chi connectivity index (χ1v) is 29.3. The zero-order valence-corrected chi connectivity index (χ0v) is 49.6. The molecule has 386 valence electrons. The number of hydrogen-bond acceptors (Lipinski definition) is 4. The Kier molecular flexibility index (Phi) is 45.7. The fourth-order valence-corrected chi connectivity index (χ4v) is 12.6. The normalized spacial score (nSPS) is 20.2. The summed E-state index contributed by atoms with van der Waals surface area (Å²) in [6.45, 7) is 61.2. The van der Waals surface area contributed by atoms with E-state index in [2.05, 4.69) is 194 Å². The van der Waals surface area contributed by atoms with Gasteiger partial charge in [0.1, 0.15) is 0 Å². The molecule has 0 unspecified atom stereocenters. The Bertz CT molecular complexity index is 771. The zero-order chi connectivity index (χ0) is 49.7. The van der Waals surface area contributed by atoms with Crippen LogP contribution in [0.5, 0.6) is 0 Å². The van der Waals surface area contributed by atoms with Crippen LogP contribution in [0.2, 0.25) is 0 Å². The zero-order valence-electron chi connectivity index (χ0n) is 48.8. The first-order valence-electron chi connectivity index (χ1n) is 28.3. The third-order valence-corrected chi connectivity index (χ3v) is 17.3. The Morgan fingerprint density at radius 1 is 0.349 bits per heavy atom. The van der Waals surface area contributed by atoms with Gasteiger partial charge in [0.05, 0.1) is 0 Å². The maximum absolute atomic E-state index is 3.79. The van der Waals surface area contributed by atoms with Crippen molar-refractivity contribution < 1.29 is 0 Å². The van der Waals surface area contributed by atoms with Crippen molar-refractivity contribution in [3.05, 3.63) is 0 Å². The lowest BCUT2D eigenvalue weighted by atomic mass is 9.64. The van der Waals surface area contributed by atoms with Crippen LogP contribution in [-0.2, 0) is 0 Å². The van der Waals surface area contributed by atoms with Crippen molar-refractivity contribution in [2.45, 2.75) is 286 Å². The minimum absolute atomic E-state index is 0.413. The Hall–Kier alpha value is 0.230. The van der Waals surface area contributed by atoms with Crippen LogP contribution >= 0.6 is 11.8 Å². The van der Waals surface area contributed by atoms with E-state index in [0.717, 1.165) is 47.3 Å². The highest BCUT2D eigenvalue weighted by Gasteiger charge is 2.40. The molecule has 0 atom stereocenters. The summed E-state index contributed by atoms with van der Waals surface area (Å²) < 4.78 is 0.595. The molecule has 3 nitrogen and oxygen atoms in total. The van der Waals surface area contributed by atoms with Gasteiger partial charge in [-0.05, 0) is 148 Å². The van der Waals surface area contributed by atoms with E-state index in [4.69, 9.17) is 0 Å². The van der Waals surface area contributed by atoms with Crippen LogP contribution in [0.25, 0.3) is 0 Å². The molecule has 0 bridgehead atoms. The predicted molar refractivity (Wildman–Crippen MR) is 299 cm³/mol. The molecule has 4 aliphatic heterocycles. The number of thioether (sulfide) groups is 1. The van der Waals surface area contributed by atoms with E-state index in [9.17, 15) is 0 Å². The fourth-order valence-electron chi connectivity index (χ4n) is 10.9. The van der Waals surface area contributed by atoms with Crippen LogP contribution in [-0.4, -0.2) is 48.8 Å². The predicted octanol–water partition coefficient (Wildman–Crippen LogP) is 18.9. The van der Waals surface area contributed by atoms with E-state index in [1.54, 1.807) is 0 Å². The first kappa shape index (κ1) is 69.8. The lowest BCUT2D eigenvalue weighted by Crippen LogP contribution is -2.53. The third kappa shape index (κ3) is 27.1. The third-order valence-electron chi connectivity index (χ3n) is 15.1. The van der Waals surface area contributed by atoms with Gasteiger partial charge < -0.3 is 16.0 Å². The average Bonchev–Trinajstić information content (AvgIpc) is 3.75. The highest BCUT2D eigenvalue weighted by Crippen LogP contribution is 2.47. The van der Waals surface area contributed by atoms with Crippen LogP contribution in [0.1, 0.15) is 275 Å². The highest BCUT2D eigenvalue weighted by molar-refractivity contribution is 8.00. The smallest absolute Gasteiger partial charge is 0.0227 e. The largest absolute Gasteiger partial charge is 0.317 e. The van der Waals surface area contributed by atoms with Gasteiger partial charge in [-0.25, -0.2) is 0 Å². The lowest BCUT2D eigenvalue weighted by molar-refractivity contribution is 0.0930. The van der Waals surface area contributed by atoms with Crippen LogP contribution in [0.4, 0.5) is 0 Å². The summed E-state index contributed by atoms with van der Waals surface area (Å²) in [6.07, 6.45) is 23.2. The van der Waals surface area contributed by atoms with Crippen molar-refractivity contribution in [2.24, 2.45) is 58.2 Å². The summed E-state index contributed by atoms with van der Waals surface area (Å²) in [5.74, 6) is 7.83. The average molecular weight is 913 g/mol. The monoisotopic (exact) mass is 912 g/mol. The highest BCUT2D eigenvalue weighted by atomic mass is 32.2. The number of rotatable bonds is 8. The number of nitrogens with one attached hydrogen (secondary N) is 3. The van der Waals surface area contributed by atoms with Gasteiger partial charge in [0.25, 0.3) is 0 Å². The van der Waals surface area contributed by atoms with Gasteiger partial charge in [-0.3, -0.25) is 0 Å². The maximum atomic E-state index is 3.79. The summed E-state index contributed by atoms with van der Waals surface area (Å²) >= 11 is 2.23. The standard InChI is InChI=1S/3C12H25N.C11H22S.4C3H8/c1-10(2)12(11(3)4)6-5-8-13-9-7-12;1-10(2)12(11(3)4)7-5-6-8-13-9-12;1-10(2)12(11(3)4)8-6-5-7-9-13-12;1-9(2)11(10(3)4)7-5-6-8-12-11;4*1-3-2/h3*10-11,13H,5-9H2,1-4H3;9-10H,5-8H2,1-4H3;4*3H2,1-2H3. The molecular formula is C59H129N3S. The molecule has 4 heteroatoms. The van der Waals surface area contributed by atoms with Crippen molar-refractivity contribution in [3.63, 3.8) is 0 Å². The van der Waals surface area contributed by atoms with Gasteiger partial charge in [-0.2, -0.15) is 11.8 Å². The minimum Gasteiger partial charge on any atom is -0.317 e. The summed E-state index contributed by atoms with van der Waals surface area (Å²) in [5.41, 5.74) is 1.57. The molecule has 0 amide bonds. The van der Waals surface area contributed by atoms with E-state index < -0.39 is 0 Å². The van der Waals surface area contributed by atoms with Crippen molar-refractivity contribution in [1.82, 2.24) is 16.0 Å². The van der Waals surface area contributed by atoms with Crippen LogP contribution in [0.15, 0.2) is 0 Å². The Balaban J connectivity index is -0.000000339. The second-order valence-corrected chi connectivity index (χ2v) is 24.3. The summed E-state index contributed by atoms with van der Waals surface area (Å²) in [4.78, 5) is 0. The summed E-state index contributed by atoms with van der Waals surface area (Å²) in [6, 6.07) is 0. The van der Waals surface area contributed by atoms with E-state index in [-0.39, 0.29) is 0 Å². The van der Waals surface area contributed by atoms with E-state index in [1.807, 2.05) is 0 Å². The van der Waals surface area contributed by atoms with Crippen LogP contribution < -0.4 is 16.0 Å². The van der Waals surface area contributed by atoms with Crippen molar-refractivity contribution in [1.29, 1.82) is 0 Å². The quantitative estimate of drug-likeness (QED) is 0.227. The maximum Gasteiger partial charge on any atom is 0.0227 e. The molecule has 0 saturated carbocycles. The topological polar surface area (TPSA) is 36.1 Å². The Morgan fingerprint density at radius 2 is 0.746 bits per heavy atom. The molecule has 4 aliphatic rings. The first-order chi connectivity index (χ1) is 29.5. The van der Waals surface area contributed by atoms with Gasteiger partial charge in [0.15, 0.2) is 0 Å². The van der Waals surface area contributed by atoms with Gasteiger partial charge in [-0.15, -0.1) is 0 Å². The van der Waals surface area contributed by atoms with Gasteiger partial charge in [-0.1, -0.05) is 218 Å². The van der Waals surface area contributed by atoms with E-state index >= 15 is 0 Å². The van der Waals surface area contributed by atoms with Crippen LogP contribution in [0.3, 0.4) is 0 Å². The molecule has 0 aliphatic carbocycles. The van der Waals surface area contributed by atoms with Crippen LogP contribution in [0, 0.1) is 58.2 Å². The molecular weight excluding hydrogens is 783 g/mol. The molecule has 4 fully saturated rings. The van der Waals surface area contributed by atoms with E-state index in [1.165, 1.54) is 148 Å². The second kappa shape index (κ2) is 41.2. The second-order valence-electron chi connectivity index (χ2n) is 22.8. The summed E-state index contributed by atoms with van der Waals surface area (Å²) in [5, 5.41) is 10.9. The van der Waals surface area contributed by atoms with E-state index in [0.29, 0.717) is 21.1 Å². The molecule has 4 heterocycles. The van der Waals surface area contributed by atoms with Crippen molar-refractivity contribution in [3.8, 4) is 0 Å². The molecule has 0 spiro atoms. The summed E-state index contributed by atoms with van der Waals surface area (Å²) in [7, 11) is 0. The van der Waals surface area contributed by atoms with Gasteiger partial charge in [0.2, 0.25) is 0 Å². The Morgan fingerprint density at radius 3 is 1.13 bits per heavy atom. The molecule has 4 rings (SSSR count). The molecule has 0 radical (unpaired) electrons. The molecule has 4 saturated heterocycles. The Labute approximate surface area is 408 Å². The SMILES string of the molecule is CC(C)C1(C(C)C)CCCCCN1.CC(C)C1(C(C)C)CCCCNC1.CC(C)C1(C(C)C)CCCCS1.CC(C)C1(C(C)C)CCCNCC1.CCC.CCC.CCC.CCC. The molecule has 0 aromatic carbocycles. The van der Waals surface area contributed by atoms with Crippen molar-refractivity contribution in [2.75, 3.05) is 38.5 Å². The van der Waals surface area contributed by atoms with Crippen molar-refractivity contribution >= 4 is 11.8 Å². The molecule has 0 aromatic rings. The van der Waals surface area contributed by atoms with Gasteiger partial charge in [0, 0.05) is 16.8 Å². The van der Waals surface area contributed by atoms with Gasteiger partial charge >= 0.3 is 0 Å². The molecule has 63 heavy (non-hydrogen) atoms. The fraction of sp³-hybridized carbons (Fsp3) is 1.00. The molecule has 3 N–H and O–H groups in total. The lowest BCUT2D eigenvalue weighted by Gasteiger charge is -2.43.